The van der Waals surface area contributed by atoms with Gasteiger partial charge in [0.25, 0.3) is 0 Å². The highest BCUT2D eigenvalue weighted by atomic mass is 16.5. The first kappa shape index (κ1) is 15.2. The van der Waals surface area contributed by atoms with Crippen LogP contribution in [0.2, 0.25) is 0 Å². The number of hydrogen-bond acceptors (Lipinski definition) is 3. The van der Waals surface area contributed by atoms with Crippen molar-refractivity contribution in [1.29, 1.82) is 0 Å². The van der Waals surface area contributed by atoms with Crippen molar-refractivity contribution in [2.24, 2.45) is 5.73 Å². The lowest BCUT2D eigenvalue weighted by atomic mass is 10.0. The van der Waals surface area contributed by atoms with Gasteiger partial charge in [0.05, 0.1) is 11.8 Å². The van der Waals surface area contributed by atoms with E-state index in [-0.39, 0.29) is 12.1 Å². The molecule has 1 heterocycles. The van der Waals surface area contributed by atoms with E-state index >= 15 is 0 Å². The number of nitrogens with two attached hydrogens (primary N) is 1. The number of aryl methyl sites for hydroxylation is 2. The topological polar surface area (TPSA) is 53.1 Å². The maximum absolute atomic E-state index is 6.29. The van der Waals surface area contributed by atoms with Crippen LogP contribution in [0.15, 0.2) is 6.07 Å². The van der Waals surface area contributed by atoms with Crippen LogP contribution in [0.4, 0.5) is 0 Å². The molecule has 0 saturated carbocycles. The van der Waals surface area contributed by atoms with Crippen LogP contribution in [0.5, 0.6) is 0 Å². The number of hydrogen-bond donors (Lipinski definition) is 1. The third kappa shape index (κ3) is 4.10. The van der Waals surface area contributed by atoms with E-state index < -0.39 is 0 Å². The van der Waals surface area contributed by atoms with Crippen LogP contribution in [0, 0.1) is 6.92 Å². The largest absolute Gasteiger partial charge is 0.377 e. The van der Waals surface area contributed by atoms with Crippen LogP contribution in [0.3, 0.4) is 0 Å². The summed E-state index contributed by atoms with van der Waals surface area (Å²) in [4.78, 5) is 0. The minimum atomic E-state index is 0.0475. The Morgan fingerprint density at radius 3 is 2.67 bits per heavy atom. The standard InChI is InChI=1S/C14H27N3O/c1-5-8-14(18-7-3)13(15)10-12-9-11(4)16-17(12)6-2/h9,13-14H,5-8,10,15H2,1-4H3. The van der Waals surface area contributed by atoms with E-state index in [4.69, 9.17) is 10.5 Å². The fraction of sp³-hybridized carbons (Fsp3) is 0.786. The lowest BCUT2D eigenvalue weighted by molar-refractivity contribution is 0.0374. The van der Waals surface area contributed by atoms with Gasteiger partial charge in [-0.15, -0.1) is 0 Å². The summed E-state index contributed by atoms with van der Waals surface area (Å²) in [5.74, 6) is 0. The molecule has 4 nitrogen and oxygen atoms in total. The molecule has 0 fully saturated rings. The second kappa shape index (κ2) is 7.54. The molecule has 0 bridgehead atoms. The Kier molecular flexibility index (Phi) is 6.36. The number of ether oxygens (including phenoxy) is 1. The second-order valence-corrected chi connectivity index (χ2v) is 4.74. The van der Waals surface area contributed by atoms with Crippen molar-refractivity contribution in [3.8, 4) is 0 Å². The first-order chi connectivity index (χ1) is 8.62. The molecule has 0 aliphatic carbocycles. The summed E-state index contributed by atoms with van der Waals surface area (Å²) in [6.45, 7) is 9.93. The fourth-order valence-corrected chi connectivity index (χ4v) is 2.33. The van der Waals surface area contributed by atoms with Crippen LogP contribution >= 0.6 is 0 Å². The summed E-state index contributed by atoms with van der Waals surface area (Å²) < 4.78 is 7.77. The Labute approximate surface area is 111 Å². The van der Waals surface area contributed by atoms with E-state index in [1.54, 1.807) is 0 Å². The maximum Gasteiger partial charge on any atom is 0.0729 e. The normalized spacial score (nSPS) is 14.7. The molecule has 0 radical (unpaired) electrons. The molecule has 104 valence electrons. The molecule has 1 aromatic heterocycles. The van der Waals surface area contributed by atoms with Crippen LogP contribution in [-0.4, -0.2) is 28.5 Å². The van der Waals surface area contributed by atoms with Gasteiger partial charge in [0.15, 0.2) is 0 Å². The van der Waals surface area contributed by atoms with Gasteiger partial charge >= 0.3 is 0 Å². The van der Waals surface area contributed by atoms with Gasteiger partial charge in [-0.1, -0.05) is 13.3 Å². The summed E-state index contributed by atoms with van der Waals surface area (Å²) in [6.07, 6.45) is 3.11. The molecule has 0 spiro atoms. The molecule has 0 aromatic carbocycles. The predicted molar refractivity (Wildman–Crippen MR) is 74.6 cm³/mol. The smallest absolute Gasteiger partial charge is 0.0729 e. The van der Waals surface area contributed by atoms with E-state index in [1.807, 2.05) is 18.5 Å². The van der Waals surface area contributed by atoms with Gasteiger partial charge in [-0.2, -0.15) is 5.10 Å². The fourth-order valence-electron chi connectivity index (χ4n) is 2.33. The van der Waals surface area contributed by atoms with Crippen molar-refractivity contribution in [2.75, 3.05) is 6.61 Å². The van der Waals surface area contributed by atoms with Crippen LogP contribution in [0.25, 0.3) is 0 Å². The third-order valence-corrected chi connectivity index (χ3v) is 3.16. The van der Waals surface area contributed by atoms with E-state index in [0.717, 1.165) is 38.1 Å². The van der Waals surface area contributed by atoms with E-state index in [0.29, 0.717) is 0 Å². The molecule has 1 rings (SSSR count). The number of aromatic nitrogens is 2. The van der Waals surface area contributed by atoms with Gasteiger partial charge in [-0.25, -0.2) is 0 Å². The van der Waals surface area contributed by atoms with E-state index in [2.05, 4.69) is 25.0 Å². The summed E-state index contributed by atoms with van der Waals surface area (Å²) in [6, 6.07) is 2.17. The van der Waals surface area contributed by atoms with Crippen LogP contribution < -0.4 is 5.73 Å². The molecule has 18 heavy (non-hydrogen) atoms. The minimum absolute atomic E-state index is 0.0475. The van der Waals surface area contributed by atoms with Crippen molar-refractivity contribution >= 4 is 0 Å². The monoisotopic (exact) mass is 253 g/mol. The SMILES string of the molecule is CCCC(OCC)C(N)Cc1cc(C)nn1CC. The first-order valence-electron chi connectivity index (χ1n) is 7.02. The Balaban J connectivity index is 2.68. The Bertz CT molecular complexity index is 343. The highest BCUT2D eigenvalue weighted by Crippen LogP contribution is 2.13. The van der Waals surface area contributed by atoms with Gasteiger partial charge in [-0.3, -0.25) is 4.68 Å². The minimum Gasteiger partial charge on any atom is -0.377 e. The molecule has 0 aliphatic rings. The van der Waals surface area contributed by atoms with Crippen LogP contribution in [-0.2, 0) is 17.7 Å². The molecular weight excluding hydrogens is 226 g/mol. The van der Waals surface area contributed by atoms with Crippen molar-refractivity contribution in [1.82, 2.24) is 9.78 Å². The third-order valence-electron chi connectivity index (χ3n) is 3.16. The molecule has 2 unspecified atom stereocenters. The quantitative estimate of drug-likeness (QED) is 0.773. The zero-order chi connectivity index (χ0) is 13.5. The highest BCUT2D eigenvalue weighted by molar-refractivity contribution is 5.10. The van der Waals surface area contributed by atoms with Crippen LogP contribution in [0.1, 0.15) is 45.0 Å². The Morgan fingerprint density at radius 1 is 1.39 bits per heavy atom. The van der Waals surface area contributed by atoms with Gasteiger partial charge < -0.3 is 10.5 Å². The van der Waals surface area contributed by atoms with Gasteiger partial charge in [0, 0.05) is 31.3 Å². The first-order valence-corrected chi connectivity index (χ1v) is 7.02. The molecule has 2 N–H and O–H groups in total. The summed E-state index contributed by atoms with van der Waals surface area (Å²) in [5.41, 5.74) is 8.56. The molecule has 0 aliphatic heterocycles. The molecule has 0 amide bonds. The van der Waals surface area contributed by atoms with E-state index in [9.17, 15) is 0 Å². The van der Waals surface area contributed by atoms with Gasteiger partial charge in [0.1, 0.15) is 0 Å². The average molecular weight is 253 g/mol. The van der Waals surface area contributed by atoms with E-state index in [1.165, 1.54) is 5.69 Å². The summed E-state index contributed by atoms with van der Waals surface area (Å²) >= 11 is 0. The highest BCUT2D eigenvalue weighted by Gasteiger charge is 2.19. The van der Waals surface area contributed by atoms with Gasteiger partial charge in [-0.05, 0) is 33.3 Å². The predicted octanol–water partition coefficient (Wildman–Crippen LogP) is 2.29. The Morgan fingerprint density at radius 2 is 2.11 bits per heavy atom. The Hall–Kier alpha value is -0.870. The molecule has 2 atom stereocenters. The van der Waals surface area contributed by atoms with Crippen molar-refractivity contribution in [3.05, 3.63) is 17.5 Å². The van der Waals surface area contributed by atoms with Crippen molar-refractivity contribution in [3.63, 3.8) is 0 Å². The van der Waals surface area contributed by atoms with Crippen molar-refractivity contribution < 1.29 is 4.74 Å². The molecular formula is C14H27N3O. The lowest BCUT2D eigenvalue weighted by Gasteiger charge is -2.23. The average Bonchev–Trinajstić information content (AvgIpc) is 2.69. The number of rotatable bonds is 8. The summed E-state index contributed by atoms with van der Waals surface area (Å²) in [5, 5.41) is 4.45. The molecule has 4 heteroatoms. The zero-order valence-corrected chi connectivity index (χ0v) is 12.1. The van der Waals surface area contributed by atoms with Gasteiger partial charge in [0.2, 0.25) is 0 Å². The maximum atomic E-state index is 6.29. The number of nitrogens with zero attached hydrogens (tertiary/aromatic N) is 2. The lowest BCUT2D eigenvalue weighted by Crippen LogP contribution is -2.39. The van der Waals surface area contributed by atoms with Crippen molar-refractivity contribution in [2.45, 2.75) is 65.6 Å². The second-order valence-electron chi connectivity index (χ2n) is 4.74. The summed E-state index contributed by atoms with van der Waals surface area (Å²) in [7, 11) is 0. The molecule has 0 saturated heterocycles. The zero-order valence-electron chi connectivity index (χ0n) is 12.1. The molecule has 1 aromatic rings.